The van der Waals surface area contributed by atoms with Crippen LogP contribution in [0.15, 0.2) is 30.3 Å². The lowest BCUT2D eigenvalue weighted by Crippen LogP contribution is -2.35. The normalized spacial score (nSPS) is 14.3. The van der Waals surface area contributed by atoms with Gasteiger partial charge in [-0.25, -0.2) is 0 Å². The van der Waals surface area contributed by atoms with Gasteiger partial charge in [-0.1, -0.05) is 64.2 Å². The van der Waals surface area contributed by atoms with Crippen LogP contribution in [-0.4, -0.2) is 14.3 Å². The summed E-state index contributed by atoms with van der Waals surface area (Å²) in [6.07, 6.45) is -5.10. The van der Waals surface area contributed by atoms with Gasteiger partial charge in [-0.3, -0.25) is 0 Å². The minimum absolute atomic E-state index is 0.0411. The first kappa shape index (κ1) is 17.8. The Balaban J connectivity index is 3.11. The highest BCUT2D eigenvalue weighted by Gasteiger charge is 2.35. The molecule has 0 N–H and O–H groups in total. The van der Waals surface area contributed by atoms with E-state index in [4.69, 9.17) is 0 Å². The molecule has 0 heterocycles. The summed E-state index contributed by atoms with van der Waals surface area (Å²) in [5.41, 5.74) is 3.85. The third-order valence-corrected chi connectivity index (χ3v) is 8.59. The SMILES string of the molecule is CC(C)(C)[Si](C)(C)C#CC(CC(F)(F)F)c1ccccc1. The van der Waals surface area contributed by atoms with Crippen LogP contribution >= 0.6 is 0 Å². The fourth-order valence-electron chi connectivity index (χ4n) is 1.62. The Kier molecular flexibility index (Phi) is 5.33. The fraction of sp³-hybridized carbons (Fsp3) is 0.529. The first-order valence-corrected chi connectivity index (χ1v) is 10.1. The molecule has 0 spiro atoms. The number of benzene rings is 1. The van der Waals surface area contributed by atoms with Gasteiger partial charge >= 0.3 is 6.18 Å². The monoisotopic (exact) mass is 312 g/mol. The molecule has 0 saturated carbocycles. The van der Waals surface area contributed by atoms with Crippen LogP contribution in [0.2, 0.25) is 18.1 Å². The van der Waals surface area contributed by atoms with Gasteiger partial charge in [-0.15, -0.1) is 11.5 Å². The van der Waals surface area contributed by atoms with E-state index in [2.05, 4.69) is 45.3 Å². The number of rotatable bonds is 2. The fourth-order valence-corrected chi connectivity index (χ4v) is 2.53. The maximum absolute atomic E-state index is 12.8. The largest absolute Gasteiger partial charge is 0.390 e. The van der Waals surface area contributed by atoms with Crippen molar-refractivity contribution in [1.82, 2.24) is 0 Å². The molecule has 4 heteroatoms. The smallest absolute Gasteiger partial charge is 0.171 e. The Morgan fingerprint density at radius 1 is 1.05 bits per heavy atom. The zero-order chi connectivity index (χ0) is 16.3. The minimum Gasteiger partial charge on any atom is -0.171 e. The minimum atomic E-state index is -4.21. The van der Waals surface area contributed by atoms with Gasteiger partial charge in [0.25, 0.3) is 0 Å². The lowest BCUT2D eigenvalue weighted by Gasteiger charge is -2.31. The lowest BCUT2D eigenvalue weighted by atomic mass is 9.96. The average molecular weight is 312 g/mol. The van der Waals surface area contributed by atoms with Crippen LogP contribution in [0.1, 0.15) is 38.7 Å². The first-order valence-electron chi connectivity index (χ1n) is 7.07. The van der Waals surface area contributed by atoms with E-state index in [1.165, 1.54) is 0 Å². The molecular formula is C17H23F3Si. The van der Waals surface area contributed by atoms with E-state index < -0.39 is 26.6 Å². The summed E-state index contributed by atoms with van der Waals surface area (Å²) in [6, 6.07) is 8.75. The van der Waals surface area contributed by atoms with Crippen molar-refractivity contribution in [2.75, 3.05) is 0 Å². The molecule has 0 aliphatic rings. The molecule has 0 bridgehead atoms. The second kappa shape index (κ2) is 6.27. The van der Waals surface area contributed by atoms with Crippen LogP contribution in [-0.2, 0) is 0 Å². The molecule has 1 unspecified atom stereocenters. The Morgan fingerprint density at radius 2 is 1.57 bits per heavy atom. The lowest BCUT2D eigenvalue weighted by molar-refractivity contribution is -0.136. The maximum atomic E-state index is 12.8. The van der Waals surface area contributed by atoms with E-state index >= 15 is 0 Å². The second-order valence-electron chi connectivity index (χ2n) is 6.93. The molecule has 0 amide bonds. The van der Waals surface area contributed by atoms with Crippen LogP contribution < -0.4 is 0 Å². The third kappa shape index (κ3) is 5.59. The van der Waals surface area contributed by atoms with Crippen molar-refractivity contribution in [3.63, 3.8) is 0 Å². The quantitative estimate of drug-likeness (QED) is 0.480. The van der Waals surface area contributed by atoms with E-state index in [0.717, 1.165) is 0 Å². The first-order chi connectivity index (χ1) is 9.42. The van der Waals surface area contributed by atoms with Crippen molar-refractivity contribution < 1.29 is 13.2 Å². The Hall–Kier alpha value is -1.21. The molecule has 0 aromatic heterocycles. The van der Waals surface area contributed by atoms with Gasteiger partial charge in [0, 0.05) is 0 Å². The molecule has 0 saturated heterocycles. The molecule has 1 aromatic rings. The molecule has 0 fully saturated rings. The summed E-state index contributed by atoms with van der Waals surface area (Å²) in [6.45, 7) is 10.5. The summed E-state index contributed by atoms with van der Waals surface area (Å²) in [4.78, 5) is 0. The Bertz CT molecular complexity index is 513. The van der Waals surface area contributed by atoms with Gasteiger partial charge in [0.2, 0.25) is 0 Å². The van der Waals surface area contributed by atoms with Gasteiger partial charge < -0.3 is 0 Å². The summed E-state index contributed by atoms with van der Waals surface area (Å²) >= 11 is 0. The highest BCUT2D eigenvalue weighted by Crippen LogP contribution is 2.36. The predicted octanol–water partition coefficient (Wildman–Crippen LogP) is 5.77. The Labute approximate surface area is 126 Å². The van der Waals surface area contributed by atoms with Gasteiger partial charge in [0.1, 0.15) is 8.07 Å². The van der Waals surface area contributed by atoms with Gasteiger partial charge in [0.15, 0.2) is 0 Å². The van der Waals surface area contributed by atoms with Gasteiger partial charge in [-0.2, -0.15) is 13.2 Å². The van der Waals surface area contributed by atoms with E-state index in [1.807, 2.05) is 0 Å². The average Bonchev–Trinajstić information content (AvgIpc) is 2.33. The van der Waals surface area contributed by atoms with Gasteiger partial charge in [-0.05, 0) is 10.6 Å². The van der Waals surface area contributed by atoms with Crippen molar-refractivity contribution in [2.45, 2.75) is 57.4 Å². The van der Waals surface area contributed by atoms with Crippen LogP contribution in [0.3, 0.4) is 0 Å². The van der Waals surface area contributed by atoms with E-state index in [1.54, 1.807) is 30.3 Å². The highest BCUT2D eigenvalue weighted by atomic mass is 28.3. The van der Waals surface area contributed by atoms with E-state index in [9.17, 15) is 13.2 Å². The zero-order valence-corrected chi connectivity index (χ0v) is 14.3. The number of hydrogen-bond acceptors (Lipinski definition) is 0. The molecule has 1 aromatic carbocycles. The van der Waals surface area contributed by atoms with E-state index in [0.29, 0.717) is 5.56 Å². The number of alkyl halides is 3. The maximum Gasteiger partial charge on any atom is 0.390 e. The summed E-state index contributed by atoms with van der Waals surface area (Å²) in [7, 11) is -1.90. The molecular weight excluding hydrogens is 289 g/mol. The molecule has 0 radical (unpaired) electrons. The van der Waals surface area contributed by atoms with Crippen LogP contribution in [0.4, 0.5) is 13.2 Å². The predicted molar refractivity (Wildman–Crippen MR) is 84.8 cm³/mol. The number of hydrogen-bond donors (Lipinski definition) is 0. The molecule has 1 atom stereocenters. The van der Waals surface area contributed by atoms with Crippen molar-refractivity contribution >= 4 is 8.07 Å². The van der Waals surface area contributed by atoms with Gasteiger partial charge in [0.05, 0.1) is 12.3 Å². The van der Waals surface area contributed by atoms with Crippen LogP contribution in [0, 0.1) is 11.5 Å². The molecule has 21 heavy (non-hydrogen) atoms. The summed E-state index contributed by atoms with van der Waals surface area (Å²) in [5.74, 6) is 2.15. The summed E-state index contributed by atoms with van der Waals surface area (Å²) in [5, 5.41) is 0.0411. The standard InChI is InChI=1S/C17H23F3Si/c1-16(2,3)21(4,5)12-11-15(13-17(18,19)20)14-9-7-6-8-10-14/h6-10,15H,13H2,1-5H3. The summed E-state index contributed by atoms with van der Waals surface area (Å²) < 4.78 is 38.4. The molecule has 116 valence electrons. The zero-order valence-electron chi connectivity index (χ0n) is 13.3. The third-order valence-electron chi connectivity index (χ3n) is 4.07. The van der Waals surface area contributed by atoms with Crippen LogP contribution in [0.25, 0.3) is 0 Å². The topological polar surface area (TPSA) is 0 Å². The molecule has 0 nitrogen and oxygen atoms in total. The van der Waals surface area contributed by atoms with Crippen molar-refractivity contribution in [3.8, 4) is 11.5 Å². The number of halogens is 3. The molecule has 0 aliphatic heterocycles. The second-order valence-corrected chi connectivity index (χ2v) is 11.9. The highest BCUT2D eigenvalue weighted by molar-refractivity contribution is 6.87. The van der Waals surface area contributed by atoms with Crippen molar-refractivity contribution in [2.24, 2.45) is 0 Å². The molecule has 0 aliphatic carbocycles. The Morgan fingerprint density at radius 3 is 2.00 bits per heavy atom. The van der Waals surface area contributed by atoms with E-state index in [-0.39, 0.29) is 5.04 Å². The van der Waals surface area contributed by atoms with Crippen molar-refractivity contribution in [1.29, 1.82) is 0 Å². The molecule has 1 rings (SSSR count). The van der Waals surface area contributed by atoms with Crippen LogP contribution in [0.5, 0.6) is 0 Å². The van der Waals surface area contributed by atoms with Crippen molar-refractivity contribution in [3.05, 3.63) is 35.9 Å².